The number of thioether (sulfide) groups is 1. The van der Waals surface area contributed by atoms with Crippen LogP contribution in [-0.4, -0.2) is 54.3 Å². The zero-order valence-corrected chi connectivity index (χ0v) is 11.6. The molecule has 16 heavy (non-hydrogen) atoms. The summed E-state index contributed by atoms with van der Waals surface area (Å²) in [4.78, 5) is 13.2. The molecule has 0 saturated carbocycles. The van der Waals surface area contributed by atoms with Gasteiger partial charge in [0.25, 0.3) is 0 Å². The number of nitrogens with zero attached hydrogens (tertiary/aromatic N) is 1. The van der Waals surface area contributed by atoms with Gasteiger partial charge in [-0.15, -0.1) is 11.6 Å². The van der Waals surface area contributed by atoms with E-state index >= 15 is 0 Å². The highest BCUT2D eigenvalue weighted by Gasteiger charge is 2.35. The van der Waals surface area contributed by atoms with Crippen LogP contribution in [0.4, 0.5) is 0 Å². The SMILES string of the molecule is CCS(=O)(=O)C1CSCCN1C(=O)CCCl. The highest BCUT2D eigenvalue weighted by atomic mass is 35.5. The Labute approximate surface area is 106 Å². The smallest absolute Gasteiger partial charge is 0.224 e. The van der Waals surface area contributed by atoms with Crippen LogP contribution in [0.5, 0.6) is 0 Å². The van der Waals surface area contributed by atoms with Crippen molar-refractivity contribution >= 4 is 39.1 Å². The summed E-state index contributed by atoms with van der Waals surface area (Å²) in [6.45, 7) is 2.11. The molecule has 0 spiro atoms. The molecule has 1 heterocycles. The Hall–Kier alpha value is 0.0600. The van der Waals surface area contributed by atoms with Crippen molar-refractivity contribution in [2.45, 2.75) is 18.7 Å². The third-order valence-electron chi connectivity index (χ3n) is 2.53. The highest BCUT2D eigenvalue weighted by Crippen LogP contribution is 2.22. The minimum absolute atomic E-state index is 0.0723. The largest absolute Gasteiger partial charge is 0.324 e. The van der Waals surface area contributed by atoms with E-state index in [9.17, 15) is 13.2 Å². The van der Waals surface area contributed by atoms with Crippen LogP contribution in [0.2, 0.25) is 0 Å². The van der Waals surface area contributed by atoms with E-state index in [1.807, 2.05) is 0 Å². The average molecular weight is 286 g/mol. The fourth-order valence-electron chi connectivity index (χ4n) is 1.58. The van der Waals surface area contributed by atoms with Gasteiger partial charge in [0.15, 0.2) is 9.84 Å². The van der Waals surface area contributed by atoms with Crippen LogP contribution in [0.1, 0.15) is 13.3 Å². The molecule has 0 aliphatic carbocycles. The van der Waals surface area contributed by atoms with Crippen LogP contribution in [0.25, 0.3) is 0 Å². The Morgan fingerprint density at radius 3 is 2.81 bits per heavy atom. The summed E-state index contributed by atoms with van der Waals surface area (Å²) in [5.74, 6) is 1.43. The van der Waals surface area contributed by atoms with Gasteiger partial charge in [0, 0.05) is 36.1 Å². The maximum Gasteiger partial charge on any atom is 0.224 e. The molecule has 1 aliphatic heterocycles. The number of alkyl halides is 1. The molecule has 0 aromatic carbocycles. The molecule has 1 aliphatic rings. The summed E-state index contributed by atoms with van der Waals surface area (Å²) in [6, 6.07) is 0. The van der Waals surface area contributed by atoms with Gasteiger partial charge in [0.2, 0.25) is 5.91 Å². The van der Waals surface area contributed by atoms with Crippen molar-refractivity contribution in [3.63, 3.8) is 0 Å². The lowest BCUT2D eigenvalue weighted by Crippen LogP contribution is -2.50. The second-order valence-corrected chi connectivity index (χ2v) is 7.48. The molecule has 0 aromatic heterocycles. The van der Waals surface area contributed by atoms with Gasteiger partial charge < -0.3 is 4.90 Å². The summed E-state index contributed by atoms with van der Waals surface area (Å²) in [5, 5.41) is -0.660. The number of carbonyl (C=O) groups excluding carboxylic acids is 1. The van der Waals surface area contributed by atoms with Gasteiger partial charge in [-0.1, -0.05) is 6.92 Å². The molecule has 1 atom stereocenters. The molecule has 1 unspecified atom stereocenters. The molecule has 1 fully saturated rings. The van der Waals surface area contributed by atoms with Crippen LogP contribution >= 0.6 is 23.4 Å². The Morgan fingerprint density at radius 2 is 2.25 bits per heavy atom. The topological polar surface area (TPSA) is 54.5 Å². The van der Waals surface area contributed by atoms with Gasteiger partial charge in [0.1, 0.15) is 5.37 Å². The lowest BCUT2D eigenvalue weighted by molar-refractivity contribution is -0.131. The maximum atomic E-state index is 11.8. The Balaban J connectivity index is 2.83. The molecule has 1 rings (SSSR count). The number of hydrogen-bond donors (Lipinski definition) is 0. The summed E-state index contributed by atoms with van der Waals surface area (Å²) in [5.41, 5.74) is 0. The molecule has 94 valence electrons. The van der Waals surface area contributed by atoms with Crippen LogP contribution in [0.15, 0.2) is 0 Å². The summed E-state index contributed by atoms with van der Waals surface area (Å²) < 4.78 is 23.7. The molecule has 1 saturated heterocycles. The van der Waals surface area contributed by atoms with E-state index in [1.165, 1.54) is 4.90 Å². The lowest BCUT2D eigenvalue weighted by atomic mass is 10.4. The van der Waals surface area contributed by atoms with Crippen LogP contribution in [-0.2, 0) is 14.6 Å². The van der Waals surface area contributed by atoms with Crippen molar-refractivity contribution < 1.29 is 13.2 Å². The molecular weight excluding hydrogens is 270 g/mol. The summed E-state index contributed by atoms with van der Waals surface area (Å²) >= 11 is 7.09. The summed E-state index contributed by atoms with van der Waals surface area (Å²) in [6.07, 6.45) is 0.210. The fourth-order valence-corrected chi connectivity index (χ4v) is 4.73. The van der Waals surface area contributed by atoms with Crippen molar-refractivity contribution in [1.82, 2.24) is 4.90 Å². The minimum atomic E-state index is -3.19. The van der Waals surface area contributed by atoms with Gasteiger partial charge in [-0.3, -0.25) is 4.79 Å². The van der Waals surface area contributed by atoms with Crippen LogP contribution < -0.4 is 0 Å². The fraction of sp³-hybridized carbons (Fsp3) is 0.889. The first-order valence-electron chi connectivity index (χ1n) is 5.17. The van der Waals surface area contributed by atoms with E-state index < -0.39 is 15.2 Å². The Bertz CT molecular complexity index is 345. The molecule has 0 aromatic rings. The Kier molecular flexibility index (Phi) is 5.40. The molecule has 7 heteroatoms. The minimum Gasteiger partial charge on any atom is -0.324 e. The maximum absolute atomic E-state index is 11.8. The van der Waals surface area contributed by atoms with Gasteiger partial charge in [0.05, 0.1) is 0 Å². The molecule has 0 radical (unpaired) electrons. The van der Waals surface area contributed by atoms with E-state index in [4.69, 9.17) is 11.6 Å². The molecule has 0 bridgehead atoms. The van der Waals surface area contributed by atoms with E-state index in [0.29, 0.717) is 12.3 Å². The molecule has 1 amide bonds. The number of amides is 1. The van der Waals surface area contributed by atoms with Gasteiger partial charge in [-0.05, 0) is 0 Å². The van der Waals surface area contributed by atoms with Crippen molar-refractivity contribution in [3.8, 4) is 0 Å². The van der Waals surface area contributed by atoms with Crippen molar-refractivity contribution in [3.05, 3.63) is 0 Å². The van der Waals surface area contributed by atoms with Crippen molar-refractivity contribution in [2.75, 3.05) is 29.7 Å². The number of sulfone groups is 1. The predicted octanol–water partition coefficient (Wildman–Crippen LogP) is 0.952. The van der Waals surface area contributed by atoms with E-state index in [-0.39, 0.29) is 24.0 Å². The quantitative estimate of drug-likeness (QED) is 0.722. The van der Waals surface area contributed by atoms with Gasteiger partial charge in [-0.2, -0.15) is 11.8 Å². The number of carbonyl (C=O) groups is 1. The Morgan fingerprint density at radius 1 is 1.56 bits per heavy atom. The van der Waals surface area contributed by atoms with E-state index in [2.05, 4.69) is 0 Å². The zero-order valence-electron chi connectivity index (χ0n) is 9.19. The number of rotatable bonds is 4. The monoisotopic (exact) mass is 285 g/mol. The highest BCUT2D eigenvalue weighted by molar-refractivity contribution is 8.01. The zero-order chi connectivity index (χ0) is 12.2. The lowest BCUT2D eigenvalue weighted by Gasteiger charge is -2.34. The first-order valence-corrected chi connectivity index (χ1v) is 8.58. The molecule has 0 N–H and O–H groups in total. The first kappa shape index (κ1) is 14.1. The van der Waals surface area contributed by atoms with Crippen molar-refractivity contribution in [2.24, 2.45) is 0 Å². The number of halogens is 1. The van der Waals surface area contributed by atoms with Crippen LogP contribution in [0, 0.1) is 0 Å². The number of hydrogen-bond acceptors (Lipinski definition) is 4. The van der Waals surface area contributed by atoms with Gasteiger partial charge in [-0.25, -0.2) is 8.42 Å². The van der Waals surface area contributed by atoms with Gasteiger partial charge >= 0.3 is 0 Å². The molecule has 4 nitrogen and oxygen atoms in total. The summed E-state index contributed by atoms with van der Waals surface area (Å²) in [7, 11) is -3.19. The van der Waals surface area contributed by atoms with E-state index in [1.54, 1.807) is 18.7 Å². The van der Waals surface area contributed by atoms with Crippen LogP contribution in [0.3, 0.4) is 0 Å². The normalized spacial score (nSPS) is 22.1. The predicted molar refractivity (Wildman–Crippen MR) is 67.6 cm³/mol. The average Bonchev–Trinajstić information content (AvgIpc) is 2.29. The third-order valence-corrected chi connectivity index (χ3v) is 6.01. The first-order chi connectivity index (χ1) is 7.53. The molecular formula is C9H16ClNO3S2. The second-order valence-electron chi connectivity index (χ2n) is 3.51. The second kappa shape index (κ2) is 6.12. The third kappa shape index (κ3) is 3.28. The van der Waals surface area contributed by atoms with E-state index in [0.717, 1.165) is 5.75 Å². The standard InChI is InChI=1S/C9H16ClNO3S2/c1-2-16(13,14)9-7-15-6-5-11(9)8(12)3-4-10/h9H,2-7H2,1H3. The van der Waals surface area contributed by atoms with Crippen molar-refractivity contribution in [1.29, 1.82) is 0 Å².